The minimum absolute atomic E-state index is 0.0511. The van der Waals surface area contributed by atoms with Crippen LogP contribution in [0.4, 0.5) is 5.82 Å². The summed E-state index contributed by atoms with van der Waals surface area (Å²) in [6, 6.07) is 1.39. The van der Waals surface area contributed by atoms with Crippen molar-refractivity contribution in [3.05, 3.63) is 16.7 Å². The number of sulfonamides is 1. The van der Waals surface area contributed by atoms with Crippen molar-refractivity contribution in [1.29, 1.82) is 0 Å². The van der Waals surface area contributed by atoms with E-state index in [1.54, 1.807) is 6.26 Å². The van der Waals surface area contributed by atoms with E-state index in [4.69, 9.17) is 5.73 Å². The van der Waals surface area contributed by atoms with E-state index >= 15 is 0 Å². The Labute approximate surface area is 117 Å². The Bertz CT molecular complexity index is 548. The van der Waals surface area contributed by atoms with Crippen molar-refractivity contribution in [2.45, 2.75) is 11.3 Å². The van der Waals surface area contributed by atoms with Crippen LogP contribution < -0.4 is 10.5 Å². The summed E-state index contributed by atoms with van der Waals surface area (Å²) in [5.41, 5.74) is 5.53. The molecule has 1 aromatic rings. The highest BCUT2D eigenvalue weighted by Gasteiger charge is 2.18. The molecule has 6 nitrogen and oxygen atoms in total. The van der Waals surface area contributed by atoms with Gasteiger partial charge in [0.25, 0.3) is 0 Å². The van der Waals surface area contributed by atoms with Crippen molar-refractivity contribution < 1.29 is 12.6 Å². The minimum Gasteiger partial charge on any atom is -0.383 e. The highest BCUT2D eigenvalue weighted by atomic mass is 79.9. The average molecular weight is 356 g/mol. The molecule has 0 spiro atoms. The Morgan fingerprint density at radius 2 is 2.22 bits per heavy atom. The lowest BCUT2D eigenvalue weighted by Crippen LogP contribution is -2.26. The number of nitrogens with one attached hydrogen (secondary N) is 1. The summed E-state index contributed by atoms with van der Waals surface area (Å²) in [4.78, 5) is 3.70. The molecule has 1 heterocycles. The normalized spacial score (nSPS) is 13.4. The maximum atomic E-state index is 11.9. The zero-order valence-corrected chi connectivity index (χ0v) is 12.9. The number of pyridine rings is 1. The topological polar surface area (TPSA) is 102 Å². The van der Waals surface area contributed by atoms with Crippen molar-refractivity contribution in [2.24, 2.45) is 0 Å². The van der Waals surface area contributed by atoms with Crippen LogP contribution in [-0.4, -0.2) is 36.2 Å². The molecule has 9 heteroatoms. The van der Waals surface area contributed by atoms with E-state index in [2.05, 4.69) is 25.6 Å². The van der Waals surface area contributed by atoms with Crippen molar-refractivity contribution >= 4 is 42.6 Å². The highest BCUT2D eigenvalue weighted by molar-refractivity contribution is 9.10. The first kappa shape index (κ1) is 15.5. The van der Waals surface area contributed by atoms with Crippen molar-refractivity contribution in [2.75, 3.05) is 24.3 Å². The lowest BCUT2D eigenvalue weighted by Gasteiger charge is -2.08. The van der Waals surface area contributed by atoms with Gasteiger partial charge in [0, 0.05) is 40.0 Å². The van der Waals surface area contributed by atoms with Gasteiger partial charge in [0.05, 0.1) is 0 Å². The molecule has 1 atom stereocenters. The van der Waals surface area contributed by atoms with Gasteiger partial charge in [-0.25, -0.2) is 18.1 Å². The Kier molecular flexibility index (Phi) is 5.70. The van der Waals surface area contributed by atoms with Gasteiger partial charge < -0.3 is 5.73 Å². The molecule has 18 heavy (non-hydrogen) atoms. The quantitative estimate of drug-likeness (QED) is 0.722. The molecule has 0 amide bonds. The molecule has 0 aliphatic rings. The summed E-state index contributed by atoms with van der Waals surface area (Å²) in [6.45, 7) is 0.216. The number of nitrogens with zero attached hydrogens (tertiary/aromatic N) is 1. The van der Waals surface area contributed by atoms with Crippen LogP contribution in [0, 0.1) is 0 Å². The maximum absolute atomic E-state index is 11.9. The van der Waals surface area contributed by atoms with Crippen molar-refractivity contribution in [3.8, 4) is 0 Å². The van der Waals surface area contributed by atoms with Gasteiger partial charge in [-0.1, -0.05) is 0 Å². The van der Waals surface area contributed by atoms with Gasteiger partial charge in [0.15, 0.2) is 0 Å². The lowest BCUT2D eigenvalue weighted by molar-refractivity contribution is 0.580. The van der Waals surface area contributed by atoms with Gasteiger partial charge in [0.1, 0.15) is 10.7 Å². The number of rotatable bonds is 6. The number of aromatic nitrogens is 1. The molecule has 3 N–H and O–H groups in total. The number of halogens is 1. The number of hydrogen-bond donors (Lipinski definition) is 2. The maximum Gasteiger partial charge on any atom is 0.244 e. The molecule has 1 rings (SSSR count). The molecule has 1 aromatic heterocycles. The van der Waals surface area contributed by atoms with Crippen LogP contribution in [0.5, 0.6) is 0 Å². The Morgan fingerprint density at radius 3 is 2.83 bits per heavy atom. The number of anilines is 1. The van der Waals surface area contributed by atoms with Crippen LogP contribution in [-0.2, 0) is 20.8 Å². The summed E-state index contributed by atoms with van der Waals surface area (Å²) in [7, 11) is -4.60. The smallest absolute Gasteiger partial charge is 0.244 e. The van der Waals surface area contributed by atoms with Gasteiger partial charge >= 0.3 is 0 Å². The van der Waals surface area contributed by atoms with Crippen LogP contribution in [0.15, 0.2) is 21.6 Å². The van der Waals surface area contributed by atoms with Crippen molar-refractivity contribution in [3.63, 3.8) is 0 Å². The molecule has 1 unspecified atom stereocenters. The summed E-state index contributed by atoms with van der Waals surface area (Å²) in [5.74, 6) is 0.402. The summed E-state index contributed by atoms with van der Waals surface area (Å²) >= 11 is 3.14. The third-order valence-corrected chi connectivity index (χ3v) is 4.83. The van der Waals surface area contributed by atoms with Crippen LogP contribution in [0.1, 0.15) is 6.42 Å². The molecule has 0 aliphatic heterocycles. The van der Waals surface area contributed by atoms with Crippen LogP contribution >= 0.6 is 15.9 Å². The van der Waals surface area contributed by atoms with Gasteiger partial charge in [-0.3, -0.25) is 4.21 Å². The molecule has 0 saturated carbocycles. The predicted molar refractivity (Wildman–Crippen MR) is 75.1 cm³/mol. The second-order valence-corrected chi connectivity index (χ2v) is 7.77. The van der Waals surface area contributed by atoms with Crippen LogP contribution in [0.2, 0.25) is 0 Å². The van der Waals surface area contributed by atoms with E-state index in [-0.39, 0.29) is 17.3 Å². The van der Waals surface area contributed by atoms with E-state index in [1.165, 1.54) is 12.3 Å². The molecular weight excluding hydrogens is 342 g/mol. The largest absolute Gasteiger partial charge is 0.383 e. The molecule has 0 radical (unpaired) electrons. The van der Waals surface area contributed by atoms with Gasteiger partial charge in [0.2, 0.25) is 10.0 Å². The van der Waals surface area contributed by atoms with E-state index in [1.807, 2.05) is 0 Å². The molecule has 102 valence electrons. The first-order valence-electron chi connectivity index (χ1n) is 5.03. The Hall–Kier alpha value is -0.510. The molecular formula is C9H14BrN3O3S2. The summed E-state index contributed by atoms with van der Waals surface area (Å²) < 4.78 is 37.6. The average Bonchev–Trinajstić information content (AvgIpc) is 2.27. The van der Waals surface area contributed by atoms with Gasteiger partial charge in [-0.2, -0.15) is 0 Å². The Balaban J connectivity index is 2.74. The third kappa shape index (κ3) is 4.63. The summed E-state index contributed by atoms with van der Waals surface area (Å²) in [6.07, 6.45) is 3.50. The monoisotopic (exact) mass is 355 g/mol. The van der Waals surface area contributed by atoms with E-state index < -0.39 is 20.8 Å². The number of nitrogen functional groups attached to an aromatic ring is 1. The second-order valence-electron chi connectivity index (χ2n) is 3.57. The fourth-order valence-electron chi connectivity index (χ4n) is 1.21. The predicted octanol–water partition coefficient (Wildman–Crippen LogP) is 0.473. The van der Waals surface area contributed by atoms with Gasteiger partial charge in [-0.15, -0.1) is 0 Å². The van der Waals surface area contributed by atoms with Crippen LogP contribution in [0.25, 0.3) is 0 Å². The number of hydrogen-bond acceptors (Lipinski definition) is 5. The first-order valence-corrected chi connectivity index (χ1v) is 9.04. The fraction of sp³-hybridized carbons (Fsp3) is 0.444. The fourth-order valence-corrected chi connectivity index (χ4v) is 3.42. The SMILES string of the molecule is CS(=O)CCCNS(=O)(=O)c1cc(Br)cnc1N. The zero-order valence-electron chi connectivity index (χ0n) is 9.72. The van der Waals surface area contributed by atoms with E-state index in [0.29, 0.717) is 16.6 Å². The van der Waals surface area contributed by atoms with Crippen molar-refractivity contribution in [1.82, 2.24) is 9.71 Å². The highest BCUT2D eigenvalue weighted by Crippen LogP contribution is 2.20. The van der Waals surface area contributed by atoms with E-state index in [0.717, 1.165) is 0 Å². The minimum atomic E-state index is -3.68. The molecule has 0 fully saturated rings. The van der Waals surface area contributed by atoms with Gasteiger partial charge in [-0.05, 0) is 28.4 Å². The lowest BCUT2D eigenvalue weighted by atomic mass is 10.5. The first-order chi connectivity index (χ1) is 8.33. The summed E-state index contributed by atoms with van der Waals surface area (Å²) in [5, 5.41) is 0. The molecule has 0 aliphatic carbocycles. The van der Waals surface area contributed by atoms with E-state index in [9.17, 15) is 12.6 Å². The number of nitrogens with two attached hydrogens (primary N) is 1. The molecule has 0 bridgehead atoms. The zero-order chi connectivity index (χ0) is 13.8. The molecule has 0 aromatic carbocycles. The standard InChI is InChI=1S/C9H14BrN3O3S2/c1-17(14)4-2-3-13-18(15,16)8-5-7(10)6-12-9(8)11/h5-6,13H,2-4H2,1H3,(H2,11,12). The second kappa shape index (κ2) is 6.60. The third-order valence-electron chi connectivity index (χ3n) is 2.04. The molecule has 0 saturated heterocycles. The Morgan fingerprint density at radius 1 is 1.56 bits per heavy atom. The van der Waals surface area contributed by atoms with Crippen LogP contribution in [0.3, 0.4) is 0 Å².